The van der Waals surface area contributed by atoms with Crippen molar-refractivity contribution in [2.45, 2.75) is 25.9 Å². The molecule has 1 aliphatic heterocycles. The number of aryl methyl sites for hydroxylation is 1. The Balaban J connectivity index is 1.58. The molecular formula is C25H19F3N2O4S. The number of para-hydroxylation sites is 1. The van der Waals surface area contributed by atoms with E-state index < -0.39 is 35.2 Å². The Hall–Kier alpha value is -3.79. The van der Waals surface area contributed by atoms with Crippen LogP contribution in [-0.2, 0) is 10.7 Å². The first-order valence-electron chi connectivity index (χ1n) is 10.7. The normalized spacial score (nSPS) is 15.9. The van der Waals surface area contributed by atoms with Crippen molar-refractivity contribution < 1.29 is 31.9 Å². The molecule has 0 radical (unpaired) electrons. The summed E-state index contributed by atoms with van der Waals surface area (Å²) in [5, 5.41) is 4.35. The number of amides is 1. The quantitative estimate of drug-likeness (QED) is 0.311. The minimum Gasteiger partial charge on any atom is -0.464 e. The van der Waals surface area contributed by atoms with E-state index in [1.165, 1.54) is 35.1 Å². The van der Waals surface area contributed by atoms with E-state index in [0.29, 0.717) is 17.0 Å². The largest absolute Gasteiger partial charge is 0.464 e. The summed E-state index contributed by atoms with van der Waals surface area (Å²) in [4.78, 5) is 26.0. The molecule has 0 fully saturated rings. The molecule has 6 nitrogen and oxygen atoms in total. The topological polar surface area (TPSA) is 73.5 Å². The number of carbonyl (C=O) groups is 2. The minimum atomic E-state index is -3.82. The maximum atomic E-state index is 15.3. The van der Waals surface area contributed by atoms with Crippen LogP contribution in [0.1, 0.15) is 50.8 Å². The molecule has 0 spiro atoms. The van der Waals surface area contributed by atoms with Crippen LogP contribution in [0, 0.1) is 6.92 Å². The number of carbonyl (C=O) groups excluding carboxylic acids is 2. The van der Waals surface area contributed by atoms with E-state index in [4.69, 9.17) is 9.15 Å². The Kier molecular flexibility index (Phi) is 5.55. The Morgan fingerprint density at radius 2 is 2.00 bits per heavy atom. The number of anilines is 1. The number of rotatable bonds is 5. The SMILES string of the molecule is CCOC(=O)c1c(-c2ccco2)csc1NC(=O)c1cc(C)n2c1C(F)C(F)(F)c1ccccc1-2. The number of alkyl halides is 3. The number of hydrogen-bond donors (Lipinski definition) is 1. The highest BCUT2D eigenvalue weighted by atomic mass is 32.1. The van der Waals surface area contributed by atoms with E-state index in [-0.39, 0.29) is 28.4 Å². The first-order valence-corrected chi connectivity index (χ1v) is 11.6. The van der Waals surface area contributed by atoms with Gasteiger partial charge in [0, 0.05) is 22.2 Å². The molecule has 0 aliphatic carbocycles. The van der Waals surface area contributed by atoms with Gasteiger partial charge in [-0.3, -0.25) is 4.79 Å². The van der Waals surface area contributed by atoms with Crippen molar-refractivity contribution in [1.29, 1.82) is 0 Å². The number of thiophene rings is 1. The van der Waals surface area contributed by atoms with Gasteiger partial charge >= 0.3 is 11.9 Å². The van der Waals surface area contributed by atoms with E-state index in [2.05, 4.69) is 5.32 Å². The molecule has 3 aromatic heterocycles. The minimum absolute atomic E-state index is 0.0671. The molecule has 1 atom stereocenters. The number of aromatic nitrogens is 1. The van der Waals surface area contributed by atoms with Gasteiger partial charge in [-0.1, -0.05) is 18.2 Å². The second-order valence-electron chi connectivity index (χ2n) is 7.93. The lowest BCUT2D eigenvalue weighted by atomic mass is 9.94. The van der Waals surface area contributed by atoms with Crippen molar-refractivity contribution in [3.63, 3.8) is 0 Å². The maximum Gasteiger partial charge on any atom is 0.341 e. The van der Waals surface area contributed by atoms with Gasteiger partial charge in [-0.15, -0.1) is 11.3 Å². The van der Waals surface area contributed by atoms with Crippen LogP contribution < -0.4 is 5.32 Å². The van der Waals surface area contributed by atoms with Crippen molar-refractivity contribution in [3.05, 3.63) is 82.2 Å². The third kappa shape index (κ3) is 3.56. The molecule has 0 saturated heterocycles. The standard InChI is InChI=1S/C25H19F3N2O4S/c1-3-33-24(32)19-15(18-9-6-10-34-18)12-35-23(19)29-22(31)14-11-13(2)30-17-8-5-4-7-16(17)25(27,28)21(26)20(14)30/h4-12,21H,3H2,1-2H3,(H,29,31). The zero-order valence-corrected chi connectivity index (χ0v) is 19.4. The molecule has 5 rings (SSSR count). The van der Waals surface area contributed by atoms with Crippen molar-refractivity contribution in [2.24, 2.45) is 0 Å². The number of benzene rings is 1. The monoisotopic (exact) mass is 500 g/mol. The fraction of sp³-hybridized carbons (Fsp3) is 0.200. The highest BCUT2D eigenvalue weighted by Crippen LogP contribution is 2.51. The number of hydrogen-bond acceptors (Lipinski definition) is 5. The Bertz CT molecular complexity index is 1440. The molecule has 0 saturated carbocycles. The lowest BCUT2D eigenvalue weighted by molar-refractivity contribution is -0.0871. The number of fused-ring (bicyclic) bond motifs is 3. The average molecular weight is 500 g/mol. The smallest absolute Gasteiger partial charge is 0.341 e. The van der Waals surface area contributed by atoms with Crippen molar-refractivity contribution in [1.82, 2.24) is 4.57 Å². The lowest BCUT2D eigenvalue weighted by Gasteiger charge is -2.31. The third-order valence-electron chi connectivity index (χ3n) is 5.81. The van der Waals surface area contributed by atoms with E-state index in [1.807, 2.05) is 0 Å². The summed E-state index contributed by atoms with van der Waals surface area (Å²) < 4.78 is 57.1. The summed E-state index contributed by atoms with van der Waals surface area (Å²) in [6, 6.07) is 10.3. The molecule has 1 unspecified atom stereocenters. The highest BCUT2D eigenvalue weighted by Gasteiger charge is 2.51. The Morgan fingerprint density at radius 3 is 2.71 bits per heavy atom. The second-order valence-corrected chi connectivity index (χ2v) is 8.81. The first-order chi connectivity index (χ1) is 16.8. The van der Waals surface area contributed by atoms with Gasteiger partial charge in [0.1, 0.15) is 16.3 Å². The van der Waals surface area contributed by atoms with Gasteiger partial charge in [0.2, 0.25) is 6.17 Å². The molecule has 4 aromatic rings. The molecule has 180 valence electrons. The number of nitrogens with zero attached hydrogens (tertiary/aromatic N) is 1. The zero-order valence-electron chi connectivity index (χ0n) is 18.6. The fourth-order valence-corrected chi connectivity index (χ4v) is 5.24. The van der Waals surface area contributed by atoms with Crippen LogP contribution in [-0.4, -0.2) is 23.1 Å². The molecule has 1 aromatic carbocycles. The van der Waals surface area contributed by atoms with Gasteiger partial charge in [-0.05, 0) is 38.1 Å². The van der Waals surface area contributed by atoms with E-state index >= 15 is 4.39 Å². The summed E-state index contributed by atoms with van der Waals surface area (Å²) in [5.41, 5.74) is -0.122. The Morgan fingerprint density at radius 1 is 1.23 bits per heavy atom. The number of halogens is 3. The molecule has 35 heavy (non-hydrogen) atoms. The highest BCUT2D eigenvalue weighted by molar-refractivity contribution is 7.15. The van der Waals surface area contributed by atoms with Gasteiger partial charge < -0.3 is 19.0 Å². The van der Waals surface area contributed by atoms with Crippen molar-refractivity contribution in [3.8, 4) is 17.0 Å². The summed E-state index contributed by atoms with van der Waals surface area (Å²) in [6.45, 7) is 3.35. The molecule has 1 aliphatic rings. The van der Waals surface area contributed by atoms with E-state index in [1.54, 1.807) is 37.4 Å². The van der Waals surface area contributed by atoms with Crippen molar-refractivity contribution >= 4 is 28.2 Å². The van der Waals surface area contributed by atoms with E-state index in [9.17, 15) is 18.4 Å². The summed E-state index contributed by atoms with van der Waals surface area (Å²) >= 11 is 1.04. The van der Waals surface area contributed by atoms with Crippen LogP contribution >= 0.6 is 11.3 Å². The molecule has 1 amide bonds. The zero-order chi connectivity index (χ0) is 24.9. The third-order valence-corrected chi connectivity index (χ3v) is 6.71. The summed E-state index contributed by atoms with van der Waals surface area (Å²) in [5.74, 6) is -4.94. The number of furan rings is 1. The Labute approximate surface area is 201 Å². The van der Waals surface area contributed by atoms with E-state index in [0.717, 1.165) is 11.3 Å². The molecule has 10 heteroatoms. The number of esters is 1. The first kappa shape index (κ1) is 23.0. The van der Waals surface area contributed by atoms with Crippen LogP contribution in [0.4, 0.5) is 18.2 Å². The van der Waals surface area contributed by atoms with Crippen LogP contribution in [0.15, 0.2) is 58.5 Å². The van der Waals surface area contributed by atoms with Gasteiger partial charge in [-0.25, -0.2) is 9.18 Å². The van der Waals surface area contributed by atoms with Gasteiger partial charge in [-0.2, -0.15) is 8.78 Å². The van der Waals surface area contributed by atoms with Crippen molar-refractivity contribution in [2.75, 3.05) is 11.9 Å². The maximum absolute atomic E-state index is 15.3. The predicted octanol–water partition coefficient (Wildman–Crippen LogP) is 6.65. The summed E-state index contributed by atoms with van der Waals surface area (Å²) in [6.07, 6.45) is -1.30. The van der Waals surface area contributed by atoms with Gasteiger partial charge in [0.25, 0.3) is 5.91 Å². The molecule has 0 bridgehead atoms. The molecule has 4 heterocycles. The predicted molar refractivity (Wildman–Crippen MR) is 124 cm³/mol. The lowest BCUT2D eigenvalue weighted by Crippen LogP contribution is -2.31. The molecular weight excluding hydrogens is 481 g/mol. The van der Waals surface area contributed by atoms with Gasteiger partial charge in [0.15, 0.2) is 0 Å². The number of nitrogens with one attached hydrogen (secondary N) is 1. The van der Waals surface area contributed by atoms with Crippen LogP contribution in [0.3, 0.4) is 0 Å². The van der Waals surface area contributed by atoms with Crippen LogP contribution in [0.25, 0.3) is 17.0 Å². The fourth-order valence-electron chi connectivity index (χ4n) is 4.31. The second kappa shape index (κ2) is 8.46. The van der Waals surface area contributed by atoms with Crippen LogP contribution in [0.2, 0.25) is 0 Å². The van der Waals surface area contributed by atoms with Crippen LogP contribution in [0.5, 0.6) is 0 Å². The average Bonchev–Trinajstić information content (AvgIpc) is 3.56. The number of ether oxygens (including phenoxy) is 1. The summed E-state index contributed by atoms with van der Waals surface area (Å²) in [7, 11) is 0. The van der Waals surface area contributed by atoms with Gasteiger partial charge in [0.05, 0.1) is 29.8 Å². The molecule has 1 N–H and O–H groups in total.